The molecule has 0 amide bonds. The molecule has 0 aliphatic carbocycles. The summed E-state index contributed by atoms with van der Waals surface area (Å²) in [4.78, 5) is 3.29. The molecule has 0 radical (unpaired) electrons. The van der Waals surface area contributed by atoms with Crippen LogP contribution in [0.25, 0.3) is 10.9 Å². The minimum Gasteiger partial charge on any atom is -0.361 e. The van der Waals surface area contributed by atoms with Gasteiger partial charge in [0.05, 0.1) is 0 Å². The van der Waals surface area contributed by atoms with Gasteiger partial charge in [-0.3, -0.25) is 0 Å². The van der Waals surface area contributed by atoms with Crippen LogP contribution in [0.3, 0.4) is 0 Å². The molecule has 0 aliphatic rings. The van der Waals surface area contributed by atoms with Crippen LogP contribution in [-0.4, -0.2) is 11.5 Å². The van der Waals surface area contributed by atoms with Crippen LogP contribution in [0.2, 0.25) is 0 Å². The second-order valence-electron chi connectivity index (χ2n) is 5.34. The average molecular weight is 282 g/mol. The van der Waals surface area contributed by atoms with Crippen LogP contribution in [0, 0.1) is 5.82 Å². The lowest BCUT2D eigenvalue weighted by atomic mass is 10.1. The number of H-pyrrole nitrogens is 1. The highest BCUT2D eigenvalue weighted by Gasteiger charge is 2.07. The monoisotopic (exact) mass is 282 g/mol. The maximum atomic E-state index is 13.2. The third kappa shape index (κ3) is 3.14. The van der Waals surface area contributed by atoms with Gasteiger partial charge in [0, 0.05) is 23.1 Å². The Hall–Kier alpha value is -2.13. The molecule has 108 valence electrons. The van der Waals surface area contributed by atoms with Crippen molar-refractivity contribution in [3.05, 3.63) is 71.7 Å². The van der Waals surface area contributed by atoms with Crippen LogP contribution in [0.4, 0.5) is 4.39 Å². The van der Waals surface area contributed by atoms with E-state index in [-0.39, 0.29) is 11.9 Å². The van der Waals surface area contributed by atoms with Crippen molar-refractivity contribution < 1.29 is 4.39 Å². The molecule has 0 bridgehead atoms. The molecule has 0 saturated carbocycles. The summed E-state index contributed by atoms with van der Waals surface area (Å²) < 4.78 is 13.2. The number of hydrogen-bond donors (Lipinski definition) is 2. The van der Waals surface area contributed by atoms with E-state index in [2.05, 4.69) is 41.6 Å². The third-order valence-corrected chi connectivity index (χ3v) is 3.87. The van der Waals surface area contributed by atoms with Gasteiger partial charge in [-0.2, -0.15) is 0 Å². The van der Waals surface area contributed by atoms with Gasteiger partial charge >= 0.3 is 0 Å². The highest BCUT2D eigenvalue weighted by molar-refractivity contribution is 5.83. The van der Waals surface area contributed by atoms with Gasteiger partial charge in [0.1, 0.15) is 5.82 Å². The summed E-state index contributed by atoms with van der Waals surface area (Å²) in [6, 6.07) is 15.2. The number of halogens is 1. The maximum absolute atomic E-state index is 13.2. The van der Waals surface area contributed by atoms with E-state index in [1.807, 2.05) is 12.1 Å². The molecule has 2 aromatic carbocycles. The summed E-state index contributed by atoms with van der Waals surface area (Å²) in [6.07, 6.45) is 3.02. The van der Waals surface area contributed by atoms with Crippen molar-refractivity contribution in [3.8, 4) is 0 Å². The second kappa shape index (κ2) is 6.10. The zero-order chi connectivity index (χ0) is 14.7. The lowest BCUT2D eigenvalue weighted by molar-refractivity contribution is 0.568. The zero-order valence-corrected chi connectivity index (χ0v) is 12.1. The minimum atomic E-state index is -0.183. The molecule has 0 aliphatic heterocycles. The number of para-hydroxylation sites is 1. The SMILES string of the molecule is CC(NCCc1c[nH]c2ccccc12)c1cccc(F)c1. The molecule has 3 rings (SSSR count). The van der Waals surface area contributed by atoms with Gasteiger partial charge < -0.3 is 10.3 Å². The minimum absolute atomic E-state index is 0.144. The summed E-state index contributed by atoms with van der Waals surface area (Å²) in [5.41, 5.74) is 3.46. The largest absolute Gasteiger partial charge is 0.361 e. The fourth-order valence-corrected chi connectivity index (χ4v) is 2.66. The molecular weight excluding hydrogens is 263 g/mol. The molecule has 0 spiro atoms. The van der Waals surface area contributed by atoms with E-state index in [0.717, 1.165) is 18.5 Å². The Morgan fingerprint density at radius 1 is 1.14 bits per heavy atom. The van der Waals surface area contributed by atoms with Gasteiger partial charge in [-0.25, -0.2) is 4.39 Å². The fraction of sp³-hybridized carbons (Fsp3) is 0.222. The fourth-order valence-electron chi connectivity index (χ4n) is 2.66. The molecule has 1 atom stereocenters. The molecule has 0 saturated heterocycles. The van der Waals surface area contributed by atoms with Crippen molar-refractivity contribution in [2.24, 2.45) is 0 Å². The van der Waals surface area contributed by atoms with Crippen LogP contribution < -0.4 is 5.32 Å². The quantitative estimate of drug-likeness (QED) is 0.721. The Morgan fingerprint density at radius 2 is 2.00 bits per heavy atom. The number of rotatable bonds is 5. The topological polar surface area (TPSA) is 27.8 Å². The van der Waals surface area contributed by atoms with Gasteiger partial charge in [0.15, 0.2) is 0 Å². The number of aromatic amines is 1. The van der Waals surface area contributed by atoms with E-state index in [1.54, 1.807) is 12.1 Å². The summed E-state index contributed by atoms with van der Waals surface area (Å²) in [7, 11) is 0. The van der Waals surface area contributed by atoms with Crippen LogP contribution in [-0.2, 0) is 6.42 Å². The summed E-state index contributed by atoms with van der Waals surface area (Å²) in [5, 5.41) is 4.72. The summed E-state index contributed by atoms with van der Waals surface area (Å²) in [5.74, 6) is -0.183. The number of aromatic nitrogens is 1. The highest BCUT2D eigenvalue weighted by Crippen LogP contribution is 2.18. The van der Waals surface area contributed by atoms with Crippen molar-refractivity contribution in [2.75, 3.05) is 6.54 Å². The maximum Gasteiger partial charge on any atom is 0.123 e. The lowest BCUT2D eigenvalue weighted by Gasteiger charge is -2.14. The average Bonchev–Trinajstić information content (AvgIpc) is 2.91. The number of nitrogens with one attached hydrogen (secondary N) is 2. The first-order valence-corrected chi connectivity index (χ1v) is 7.28. The van der Waals surface area contributed by atoms with E-state index in [1.165, 1.54) is 22.5 Å². The van der Waals surface area contributed by atoms with Gasteiger partial charge in [-0.05, 0) is 49.2 Å². The Kier molecular flexibility index (Phi) is 4.02. The molecule has 3 heteroatoms. The Balaban J connectivity index is 1.61. The zero-order valence-electron chi connectivity index (χ0n) is 12.1. The van der Waals surface area contributed by atoms with Crippen molar-refractivity contribution in [1.82, 2.24) is 10.3 Å². The van der Waals surface area contributed by atoms with Crippen molar-refractivity contribution in [2.45, 2.75) is 19.4 Å². The Labute approximate surface area is 124 Å². The van der Waals surface area contributed by atoms with Gasteiger partial charge in [-0.15, -0.1) is 0 Å². The lowest BCUT2D eigenvalue weighted by Crippen LogP contribution is -2.21. The first-order chi connectivity index (χ1) is 10.2. The van der Waals surface area contributed by atoms with Crippen LogP contribution in [0.15, 0.2) is 54.7 Å². The Bertz CT molecular complexity index is 733. The van der Waals surface area contributed by atoms with E-state index in [4.69, 9.17) is 0 Å². The molecule has 3 aromatic rings. The Morgan fingerprint density at radius 3 is 2.86 bits per heavy atom. The number of hydrogen-bond acceptors (Lipinski definition) is 1. The molecule has 2 N–H and O–H groups in total. The first-order valence-electron chi connectivity index (χ1n) is 7.28. The van der Waals surface area contributed by atoms with Gasteiger partial charge in [-0.1, -0.05) is 30.3 Å². The molecule has 0 fully saturated rings. The van der Waals surface area contributed by atoms with E-state index in [0.29, 0.717) is 0 Å². The van der Waals surface area contributed by atoms with Crippen LogP contribution in [0.5, 0.6) is 0 Å². The van der Waals surface area contributed by atoms with Crippen molar-refractivity contribution >= 4 is 10.9 Å². The van der Waals surface area contributed by atoms with Crippen LogP contribution >= 0.6 is 0 Å². The van der Waals surface area contributed by atoms with E-state index in [9.17, 15) is 4.39 Å². The summed E-state index contributed by atoms with van der Waals surface area (Å²) in [6.45, 7) is 2.92. The molecule has 21 heavy (non-hydrogen) atoms. The standard InChI is InChI=1S/C18H19FN2/c1-13(14-5-4-6-16(19)11-14)20-10-9-15-12-21-18-8-3-2-7-17(15)18/h2-8,11-13,20-21H,9-10H2,1H3. The first kappa shape index (κ1) is 13.8. The third-order valence-electron chi connectivity index (χ3n) is 3.87. The molecule has 1 aromatic heterocycles. The normalized spacial score (nSPS) is 12.7. The van der Waals surface area contributed by atoms with E-state index < -0.39 is 0 Å². The molecule has 2 nitrogen and oxygen atoms in total. The van der Waals surface area contributed by atoms with E-state index >= 15 is 0 Å². The second-order valence-corrected chi connectivity index (χ2v) is 5.34. The molecular formula is C18H19FN2. The van der Waals surface area contributed by atoms with Gasteiger partial charge in [0.2, 0.25) is 0 Å². The predicted molar refractivity (Wildman–Crippen MR) is 84.8 cm³/mol. The molecule has 1 heterocycles. The number of benzene rings is 2. The van der Waals surface area contributed by atoms with Crippen LogP contribution in [0.1, 0.15) is 24.1 Å². The van der Waals surface area contributed by atoms with Gasteiger partial charge in [0.25, 0.3) is 0 Å². The smallest absolute Gasteiger partial charge is 0.123 e. The van der Waals surface area contributed by atoms with Crippen molar-refractivity contribution in [1.29, 1.82) is 0 Å². The predicted octanol–water partition coefficient (Wildman–Crippen LogP) is 4.20. The summed E-state index contributed by atoms with van der Waals surface area (Å²) >= 11 is 0. The highest BCUT2D eigenvalue weighted by atomic mass is 19.1. The number of fused-ring (bicyclic) bond motifs is 1. The molecule has 1 unspecified atom stereocenters. The van der Waals surface area contributed by atoms with Crippen molar-refractivity contribution in [3.63, 3.8) is 0 Å².